The lowest BCUT2D eigenvalue weighted by Crippen LogP contribution is -2.05. The summed E-state index contributed by atoms with van der Waals surface area (Å²) < 4.78 is 14.6. The first-order valence-electron chi connectivity index (χ1n) is 8.92. The predicted octanol–water partition coefficient (Wildman–Crippen LogP) is 3.60. The number of rotatable bonds is 3. The molecule has 7 nitrogen and oxygen atoms in total. The van der Waals surface area contributed by atoms with E-state index in [1.807, 2.05) is 12.3 Å². The normalized spacial score (nSPS) is 10.4. The molecule has 4 aromatic rings. The van der Waals surface area contributed by atoms with Crippen molar-refractivity contribution in [3.63, 3.8) is 0 Å². The molecule has 0 radical (unpaired) electrons. The molecule has 4 rings (SSSR count). The first-order chi connectivity index (χ1) is 13.9. The van der Waals surface area contributed by atoms with E-state index in [1.165, 1.54) is 29.3 Å². The molecule has 0 aliphatic rings. The fourth-order valence-corrected chi connectivity index (χ4v) is 2.90. The zero-order valence-corrected chi connectivity index (χ0v) is 16.0. The third-order valence-corrected chi connectivity index (χ3v) is 4.39. The Hall–Kier alpha value is -3.81. The van der Waals surface area contributed by atoms with E-state index in [9.17, 15) is 9.18 Å². The van der Waals surface area contributed by atoms with Gasteiger partial charge in [0.15, 0.2) is 5.82 Å². The number of hydrogen-bond donors (Lipinski definition) is 2. The van der Waals surface area contributed by atoms with Crippen molar-refractivity contribution in [2.24, 2.45) is 0 Å². The van der Waals surface area contributed by atoms with Gasteiger partial charge in [0.05, 0.1) is 23.0 Å². The number of pyridine rings is 1. The lowest BCUT2D eigenvalue weighted by atomic mass is 10.2. The Labute approximate surface area is 166 Å². The molecule has 0 aliphatic carbocycles. The highest BCUT2D eigenvalue weighted by Crippen LogP contribution is 2.18. The number of aromatic nitrogens is 4. The molecule has 148 valence electrons. The first-order valence-corrected chi connectivity index (χ1v) is 8.92. The van der Waals surface area contributed by atoms with Crippen LogP contribution in [0.3, 0.4) is 0 Å². The highest BCUT2D eigenvalue weighted by atomic mass is 19.1. The lowest BCUT2D eigenvalue weighted by molar-refractivity contribution is 0.0695. The van der Waals surface area contributed by atoms with E-state index >= 15 is 0 Å². The molecule has 8 heteroatoms. The number of hydrogen-bond acceptors (Lipinski definition) is 5. The second-order valence-electron chi connectivity index (χ2n) is 6.32. The van der Waals surface area contributed by atoms with Crippen molar-refractivity contribution in [3.8, 4) is 11.4 Å². The van der Waals surface area contributed by atoms with Gasteiger partial charge in [-0.3, -0.25) is 9.66 Å². The minimum absolute atomic E-state index is 0.0464. The minimum Gasteiger partial charge on any atom is -0.478 e. The number of aryl methyl sites for hydroxylation is 2. The Bertz CT molecular complexity index is 1170. The smallest absolute Gasteiger partial charge is 0.339 e. The van der Waals surface area contributed by atoms with Crippen molar-refractivity contribution in [1.82, 2.24) is 19.6 Å². The first kappa shape index (κ1) is 19.9. The second kappa shape index (κ2) is 8.47. The molecule has 3 heterocycles. The molecule has 0 amide bonds. The number of halogens is 1. The fourth-order valence-electron chi connectivity index (χ4n) is 2.90. The van der Waals surface area contributed by atoms with E-state index in [4.69, 9.17) is 10.9 Å². The number of carbonyl (C=O) groups is 1. The van der Waals surface area contributed by atoms with Gasteiger partial charge in [0.25, 0.3) is 0 Å². The zero-order chi connectivity index (χ0) is 21.0. The molecule has 0 atom stereocenters. The Morgan fingerprint density at radius 2 is 2.07 bits per heavy atom. The van der Waals surface area contributed by atoms with Gasteiger partial charge in [0.1, 0.15) is 5.82 Å². The van der Waals surface area contributed by atoms with Crippen LogP contribution in [-0.4, -0.2) is 30.7 Å². The fraction of sp³-hybridized carbons (Fsp3) is 0.143. The molecule has 3 N–H and O–H groups in total. The van der Waals surface area contributed by atoms with Gasteiger partial charge < -0.3 is 10.9 Å². The summed E-state index contributed by atoms with van der Waals surface area (Å²) in [5, 5.41) is 10.0. The molecule has 0 fully saturated rings. The summed E-state index contributed by atoms with van der Waals surface area (Å²) in [6.45, 7) is 3.70. The van der Waals surface area contributed by atoms with Gasteiger partial charge in [-0.25, -0.2) is 19.2 Å². The van der Waals surface area contributed by atoms with E-state index in [0.29, 0.717) is 17.1 Å². The van der Waals surface area contributed by atoms with Crippen LogP contribution in [0.5, 0.6) is 0 Å². The third-order valence-electron chi connectivity index (χ3n) is 4.39. The van der Waals surface area contributed by atoms with Crippen LogP contribution in [0, 0.1) is 12.7 Å². The highest BCUT2D eigenvalue weighted by Gasteiger charge is 2.11. The maximum atomic E-state index is 13.0. The Morgan fingerprint density at radius 1 is 1.28 bits per heavy atom. The summed E-state index contributed by atoms with van der Waals surface area (Å²) in [5.41, 5.74) is 3.19. The summed E-state index contributed by atoms with van der Waals surface area (Å²) in [4.78, 5) is 22.8. The van der Waals surface area contributed by atoms with Crippen molar-refractivity contribution in [2.75, 3.05) is 5.84 Å². The van der Waals surface area contributed by atoms with Gasteiger partial charge in [-0.05, 0) is 37.1 Å². The molecule has 29 heavy (non-hydrogen) atoms. The van der Waals surface area contributed by atoms with Crippen molar-refractivity contribution in [1.29, 1.82) is 0 Å². The number of carboxylic acids is 1. The largest absolute Gasteiger partial charge is 0.478 e. The van der Waals surface area contributed by atoms with Crippen LogP contribution >= 0.6 is 0 Å². The van der Waals surface area contributed by atoms with Crippen molar-refractivity contribution >= 4 is 16.9 Å². The van der Waals surface area contributed by atoms with Crippen LogP contribution in [0.15, 0.2) is 55.1 Å². The van der Waals surface area contributed by atoms with E-state index in [2.05, 4.69) is 21.9 Å². The summed E-state index contributed by atoms with van der Waals surface area (Å²) in [6.07, 6.45) is 7.76. The molecule has 3 aromatic heterocycles. The van der Waals surface area contributed by atoms with Crippen molar-refractivity contribution in [2.45, 2.75) is 20.3 Å². The monoisotopic (exact) mass is 393 g/mol. The summed E-state index contributed by atoms with van der Waals surface area (Å²) in [5.74, 6) is 4.58. The third kappa shape index (κ3) is 4.37. The van der Waals surface area contributed by atoms with E-state index in [0.717, 1.165) is 11.9 Å². The Kier molecular flexibility index (Phi) is 5.82. The summed E-state index contributed by atoms with van der Waals surface area (Å²) >= 11 is 0. The molecular weight excluding hydrogens is 373 g/mol. The number of nitrogen functional groups attached to an aromatic ring is 1. The molecule has 0 saturated heterocycles. The Morgan fingerprint density at radius 3 is 2.72 bits per heavy atom. The molecule has 0 bridgehead atoms. The molecular formula is C21H20FN5O2. The van der Waals surface area contributed by atoms with Gasteiger partial charge in [0.2, 0.25) is 0 Å². The average molecular weight is 393 g/mol. The quantitative estimate of drug-likeness (QED) is 0.515. The number of aromatic carboxylic acids is 1. The molecule has 0 spiro atoms. The van der Waals surface area contributed by atoms with Crippen molar-refractivity contribution < 1.29 is 14.3 Å². The van der Waals surface area contributed by atoms with Gasteiger partial charge in [-0.2, -0.15) is 0 Å². The van der Waals surface area contributed by atoms with Crippen LogP contribution in [0.4, 0.5) is 4.39 Å². The SMILES string of the molecule is CCc1cn(N)c2cnccc12.Cc1nc(-c2cccc(F)c2)ncc1C(=O)O. The van der Waals surface area contributed by atoms with Gasteiger partial charge in [-0.15, -0.1) is 0 Å². The number of nitrogens with zero attached hydrogens (tertiary/aromatic N) is 4. The summed E-state index contributed by atoms with van der Waals surface area (Å²) in [6, 6.07) is 7.83. The van der Waals surface area contributed by atoms with Gasteiger partial charge in [0, 0.05) is 29.5 Å². The predicted molar refractivity (Wildman–Crippen MR) is 108 cm³/mol. The van der Waals surface area contributed by atoms with Crippen LogP contribution in [-0.2, 0) is 6.42 Å². The highest BCUT2D eigenvalue weighted by molar-refractivity contribution is 5.88. The zero-order valence-electron chi connectivity index (χ0n) is 16.0. The van der Waals surface area contributed by atoms with E-state index < -0.39 is 5.97 Å². The molecule has 0 aliphatic heterocycles. The van der Waals surface area contributed by atoms with Gasteiger partial charge >= 0.3 is 5.97 Å². The molecule has 0 unspecified atom stereocenters. The van der Waals surface area contributed by atoms with E-state index in [1.54, 1.807) is 36.1 Å². The maximum absolute atomic E-state index is 13.0. The second-order valence-corrected chi connectivity index (χ2v) is 6.32. The van der Waals surface area contributed by atoms with E-state index in [-0.39, 0.29) is 11.4 Å². The number of benzene rings is 1. The summed E-state index contributed by atoms with van der Waals surface area (Å²) in [7, 11) is 0. The maximum Gasteiger partial charge on any atom is 0.339 e. The number of fused-ring (bicyclic) bond motifs is 1. The lowest BCUT2D eigenvalue weighted by Gasteiger charge is -2.03. The topological polar surface area (TPSA) is 107 Å². The van der Waals surface area contributed by atoms with Crippen LogP contribution < -0.4 is 5.84 Å². The van der Waals surface area contributed by atoms with Gasteiger partial charge in [-0.1, -0.05) is 19.1 Å². The minimum atomic E-state index is -1.08. The average Bonchev–Trinajstić information content (AvgIpc) is 3.04. The Balaban J connectivity index is 0.000000176. The molecule has 1 aromatic carbocycles. The number of nitrogens with two attached hydrogens (primary N) is 1. The standard InChI is InChI=1S/C12H9FN2O2.C9H11N3/c1-7-10(12(16)17)6-14-11(15-7)8-3-2-4-9(13)5-8;1-2-7-6-12(10)9-5-11-4-3-8(7)9/h2-6H,1H3,(H,16,17);3-6H,2,10H2,1H3. The van der Waals surface area contributed by atoms with Crippen LogP contribution in [0.2, 0.25) is 0 Å². The molecule has 0 saturated carbocycles. The van der Waals surface area contributed by atoms with Crippen LogP contribution in [0.25, 0.3) is 22.3 Å². The van der Waals surface area contributed by atoms with Crippen LogP contribution in [0.1, 0.15) is 28.5 Å². The number of carboxylic acid groups (broad SMARTS) is 1. The van der Waals surface area contributed by atoms with Crippen molar-refractivity contribution in [3.05, 3.63) is 77.8 Å².